The molecule has 0 fully saturated rings. The molecule has 0 saturated carbocycles. The molecule has 0 aromatic heterocycles. The molecule has 0 saturated heterocycles. The molecule has 0 spiro atoms. The largest absolute Gasteiger partial charge is 0.492 e. The standard InChI is InChI=1S/C13H20Br2N2O.2ClH/c1-4-18-13-11(14)7-10(8-12(13)15)9-16-5-6-17(2)3;;/h7-8,16H,4-6,9H2,1-3H3;2*1H. The molecule has 1 aromatic carbocycles. The van der Waals surface area contributed by atoms with Crippen LogP contribution in [0.25, 0.3) is 0 Å². The highest BCUT2D eigenvalue weighted by molar-refractivity contribution is 9.11. The minimum absolute atomic E-state index is 0. The number of hydrogen-bond donors (Lipinski definition) is 1. The summed E-state index contributed by atoms with van der Waals surface area (Å²) < 4.78 is 7.54. The van der Waals surface area contributed by atoms with E-state index in [-0.39, 0.29) is 24.8 Å². The third-order valence-electron chi connectivity index (χ3n) is 2.41. The summed E-state index contributed by atoms with van der Waals surface area (Å²) in [7, 11) is 4.15. The van der Waals surface area contributed by atoms with Crippen molar-refractivity contribution in [2.75, 3.05) is 33.8 Å². The second-order valence-corrected chi connectivity index (χ2v) is 6.01. The lowest BCUT2D eigenvalue weighted by Crippen LogP contribution is -2.26. The molecule has 0 amide bonds. The third kappa shape index (κ3) is 8.05. The van der Waals surface area contributed by atoms with Gasteiger partial charge < -0.3 is 15.0 Å². The average molecular weight is 453 g/mol. The molecule has 1 N–H and O–H groups in total. The Balaban J connectivity index is 0. The summed E-state index contributed by atoms with van der Waals surface area (Å²) in [6, 6.07) is 4.19. The summed E-state index contributed by atoms with van der Waals surface area (Å²) >= 11 is 7.08. The summed E-state index contributed by atoms with van der Waals surface area (Å²) in [5.41, 5.74) is 1.23. The number of ether oxygens (including phenoxy) is 1. The molecule has 0 unspecified atom stereocenters. The molecule has 0 atom stereocenters. The van der Waals surface area contributed by atoms with Gasteiger partial charge >= 0.3 is 0 Å². The highest BCUT2D eigenvalue weighted by Crippen LogP contribution is 2.34. The van der Waals surface area contributed by atoms with Gasteiger partial charge in [-0.1, -0.05) is 0 Å². The monoisotopic (exact) mass is 450 g/mol. The SMILES string of the molecule is CCOc1c(Br)cc(CNCCN(C)C)cc1Br.Cl.Cl. The fourth-order valence-electron chi connectivity index (χ4n) is 1.53. The Kier molecular flexibility index (Phi) is 13.7. The smallest absolute Gasteiger partial charge is 0.147 e. The van der Waals surface area contributed by atoms with E-state index in [0.717, 1.165) is 34.3 Å². The van der Waals surface area contributed by atoms with E-state index >= 15 is 0 Å². The van der Waals surface area contributed by atoms with Gasteiger partial charge in [-0.3, -0.25) is 0 Å². The van der Waals surface area contributed by atoms with Crippen molar-refractivity contribution in [3.05, 3.63) is 26.6 Å². The summed E-state index contributed by atoms with van der Waals surface area (Å²) in [5, 5.41) is 3.41. The van der Waals surface area contributed by atoms with Crippen LogP contribution in [0.15, 0.2) is 21.1 Å². The molecule has 0 bridgehead atoms. The van der Waals surface area contributed by atoms with Crippen molar-refractivity contribution in [1.29, 1.82) is 0 Å². The van der Waals surface area contributed by atoms with E-state index in [4.69, 9.17) is 4.74 Å². The second kappa shape index (κ2) is 12.1. The molecule has 0 radical (unpaired) electrons. The summed E-state index contributed by atoms with van der Waals surface area (Å²) in [6.45, 7) is 5.53. The van der Waals surface area contributed by atoms with Crippen LogP contribution in [-0.4, -0.2) is 38.7 Å². The van der Waals surface area contributed by atoms with Gasteiger partial charge in [-0.05, 0) is 70.6 Å². The molecule has 0 aliphatic heterocycles. The van der Waals surface area contributed by atoms with Crippen molar-refractivity contribution < 1.29 is 4.74 Å². The van der Waals surface area contributed by atoms with Crippen molar-refractivity contribution >= 4 is 56.7 Å². The van der Waals surface area contributed by atoms with E-state index in [1.807, 2.05) is 6.92 Å². The molecule has 3 nitrogen and oxygen atoms in total. The number of hydrogen-bond acceptors (Lipinski definition) is 3. The van der Waals surface area contributed by atoms with E-state index in [9.17, 15) is 0 Å². The topological polar surface area (TPSA) is 24.5 Å². The molecular formula is C13H22Br2Cl2N2O. The maximum Gasteiger partial charge on any atom is 0.147 e. The zero-order chi connectivity index (χ0) is 13.5. The van der Waals surface area contributed by atoms with Crippen LogP contribution in [-0.2, 0) is 6.54 Å². The van der Waals surface area contributed by atoms with Gasteiger partial charge in [0.25, 0.3) is 0 Å². The number of benzene rings is 1. The Labute approximate surface area is 150 Å². The number of nitrogens with one attached hydrogen (secondary N) is 1. The molecule has 0 aliphatic carbocycles. The van der Waals surface area contributed by atoms with E-state index < -0.39 is 0 Å². The lowest BCUT2D eigenvalue weighted by atomic mass is 10.2. The quantitative estimate of drug-likeness (QED) is 0.630. The Morgan fingerprint density at radius 3 is 2.15 bits per heavy atom. The van der Waals surface area contributed by atoms with Crippen LogP contribution in [0.2, 0.25) is 0 Å². The van der Waals surface area contributed by atoms with Gasteiger partial charge in [0.05, 0.1) is 15.6 Å². The van der Waals surface area contributed by atoms with Crippen molar-refractivity contribution in [1.82, 2.24) is 10.2 Å². The lowest BCUT2D eigenvalue weighted by molar-refractivity contribution is 0.336. The fourth-order valence-corrected chi connectivity index (χ4v) is 3.04. The van der Waals surface area contributed by atoms with Crippen molar-refractivity contribution in [2.45, 2.75) is 13.5 Å². The molecule has 118 valence electrons. The van der Waals surface area contributed by atoms with Crippen LogP contribution < -0.4 is 10.1 Å². The molecule has 0 heterocycles. The predicted octanol–water partition coefficient (Wildman–Crippen LogP) is 4.11. The van der Waals surface area contributed by atoms with Crippen LogP contribution in [0.3, 0.4) is 0 Å². The maximum atomic E-state index is 5.56. The van der Waals surface area contributed by atoms with Crippen LogP contribution in [0.5, 0.6) is 5.75 Å². The fraction of sp³-hybridized carbons (Fsp3) is 0.538. The van der Waals surface area contributed by atoms with Crippen LogP contribution >= 0.6 is 56.7 Å². The van der Waals surface area contributed by atoms with Crippen molar-refractivity contribution in [3.63, 3.8) is 0 Å². The van der Waals surface area contributed by atoms with Gasteiger partial charge in [-0.25, -0.2) is 0 Å². The predicted molar refractivity (Wildman–Crippen MR) is 97.8 cm³/mol. The van der Waals surface area contributed by atoms with E-state index in [1.54, 1.807) is 0 Å². The van der Waals surface area contributed by atoms with Gasteiger partial charge in [-0.2, -0.15) is 0 Å². The Hall–Kier alpha value is 0.480. The first-order valence-corrected chi connectivity index (χ1v) is 7.59. The van der Waals surface area contributed by atoms with Crippen LogP contribution in [0.1, 0.15) is 12.5 Å². The third-order valence-corrected chi connectivity index (χ3v) is 3.59. The Morgan fingerprint density at radius 1 is 1.15 bits per heavy atom. The number of likely N-dealkylation sites (N-methyl/N-ethyl adjacent to an activating group) is 1. The summed E-state index contributed by atoms with van der Waals surface area (Å²) in [6.07, 6.45) is 0. The minimum atomic E-state index is 0. The van der Waals surface area contributed by atoms with Crippen molar-refractivity contribution in [3.8, 4) is 5.75 Å². The first kappa shape index (κ1) is 22.8. The molecule has 0 aliphatic rings. The molecular weight excluding hydrogens is 431 g/mol. The highest BCUT2D eigenvalue weighted by Gasteiger charge is 2.08. The van der Waals surface area contributed by atoms with Gasteiger partial charge in [0.2, 0.25) is 0 Å². The minimum Gasteiger partial charge on any atom is -0.492 e. The molecule has 20 heavy (non-hydrogen) atoms. The van der Waals surface area contributed by atoms with Crippen LogP contribution in [0, 0.1) is 0 Å². The zero-order valence-corrected chi connectivity index (χ0v) is 16.7. The maximum absolute atomic E-state index is 5.56. The zero-order valence-electron chi connectivity index (χ0n) is 11.9. The van der Waals surface area contributed by atoms with Crippen molar-refractivity contribution in [2.24, 2.45) is 0 Å². The summed E-state index contributed by atoms with van der Waals surface area (Å²) in [4.78, 5) is 2.16. The van der Waals surface area contributed by atoms with E-state index in [2.05, 4.69) is 68.3 Å². The number of rotatable bonds is 7. The normalized spacial score (nSPS) is 9.90. The lowest BCUT2D eigenvalue weighted by Gasteiger charge is -2.13. The first-order chi connectivity index (χ1) is 8.54. The Morgan fingerprint density at radius 2 is 1.70 bits per heavy atom. The number of nitrogens with zero attached hydrogens (tertiary/aromatic N) is 1. The average Bonchev–Trinajstić information content (AvgIpc) is 2.29. The highest BCUT2D eigenvalue weighted by atomic mass is 79.9. The van der Waals surface area contributed by atoms with Gasteiger partial charge in [0, 0.05) is 19.6 Å². The Bertz CT molecular complexity index is 370. The van der Waals surface area contributed by atoms with Gasteiger partial charge in [-0.15, -0.1) is 24.8 Å². The second-order valence-electron chi connectivity index (χ2n) is 4.30. The molecule has 1 aromatic rings. The number of halogens is 4. The van der Waals surface area contributed by atoms with Gasteiger partial charge in [0.15, 0.2) is 0 Å². The first-order valence-electron chi connectivity index (χ1n) is 6.00. The molecule has 1 rings (SSSR count). The summed E-state index contributed by atoms with van der Waals surface area (Å²) in [5.74, 6) is 0.870. The van der Waals surface area contributed by atoms with E-state index in [0.29, 0.717) is 6.61 Å². The van der Waals surface area contributed by atoms with E-state index in [1.165, 1.54) is 5.56 Å². The molecule has 7 heteroatoms. The van der Waals surface area contributed by atoms with Gasteiger partial charge in [0.1, 0.15) is 5.75 Å². The van der Waals surface area contributed by atoms with Crippen LogP contribution in [0.4, 0.5) is 0 Å².